The Hall–Kier alpha value is -1.32. The standard InChI is InChI=1S/C14H20N2O/c1-3-12(15)9-11-5-4-6-14-13(11)7-8-16(14)10-17-2/h4-8,12H,3,9-10,15H2,1-2H3. The molecule has 0 fully saturated rings. The molecule has 1 unspecified atom stereocenters. The van der Waals surface area contributed by atoms with Crippen molar-refractivity contribution in [2.45, 2.75) is 32.5 Å². The molecule has 1 atom stereocenters. The zero-order valence-electron chi connectivity index (χ0n) is 10.5. The molecule has 0 aliphatic carbocycles. The van der Waals surface area contributed by atoms with Crippen molar-refractivity contribution >= 4 is 10.9 Å². The van der Waals surface area contributed by atoms with E-state index in [2.05, 4.69) is 42.0 Å². The summed E-state index contributed by atoms with van der Waals surface area (Å²) in [5.41, 5.74) is 8.57. The van der Waals surface area contributed by atoms with Crippen LogP contribution >= 0.6 is 0 Å². The minimum Gasteiger partial charge on any atom is -0.364 e. The fraction of sp³-hybridized carbons (Fsp3) is 0.429. The summed E-state index contributed by atoms with van der Waals surface area (Å²) in [6.07, 6.45) is 4.01. The summed E-state index contributed by atoms with van der Waals surface area (Å²) < 4.78 is 7.28. The molecule has 1 aromatic carbocycles. The zero-order valence-corrected chi connectivity index (χ0v) is 10.5. The Kier molecular flexibility index (Phi) is 3.82. The van der Waals surface area contributed by atoms with Crippen LogP contribution in [0.2, 0.25) is 0 Å². The van der Waals surface area contributed by atoms with Crippen molar-refractivity contribution in [2.75, 3.05) is 7.11 Å². The number of hydrogen-bond acceptors (Lipinski definition) is 2. The fourth-order valence-electron chi connectivity index (χ4n) is 2.14. The van der Waals surface area contributed by atoms with Gasteiger partial charge < -0.3 is 15.0 Å². The summed E-state index contributed by atoms with van der Waals surface area (Å²) in [5, 5.41) is 1.29. The molecule has 0 amide bonds. The maximum absolute atomic E-state index is 6.03. The van der Waals surface area contributed by atoms with Gasteiger partial charge in [-0.25, -0.2) is 0 Å². The molecule has 2 rings (SSSR count). The second-order valence-electron chi connectivity index (χ2n) is 4.43. The van der Waals surface area contributed by atoms with Crippen molar-refractivity contribution in [3.63, 3.8) is 0 Å². The number of nitrogens with two attached hydrogens (primary N) is 1. The number of aromatic nitrogens is 1. The van der Waals surface area contributed by atoms with Gasteiger partial charge >= 0.3 is 0 Å². The van der Waals surface area contributed by atoms with Crippen molar-refractivity contribution in [3.8, 4) is 0 Å². The number of hydrogen-bond donors (Lipinski definition) is 1. The van der Waals surface area contributed by atoms with Gasteiger partial charge in [0.2, 0.25) is 0 Å². The molecule has 1 heterocycles. The van der Waals surface area contributed by atoms with Gasteiger partial charge in [-0.05, 0) is 30.5 Å². The Labute approximate surface area is 102 Å². The smallest absolute Gasteiger partial charge is 0.122 e. The Bertz CT molecular complexity index is 490. The number of methoxy groups -OCH3 is 1. The molecule has 92 valence electrons. The number of ether oxygens (including phenoxy) is 1. The Morgan fingerprint density at radius 2 is 2.18 bits per heavy atom. The summed E-state index contributed by atoms with van der Waals surface area (Å²) in [6, 6.07) is 8.76. The van der Waals surface area contributed by atoms with Gasteiger partial charge in [0.1, 0.15) is 6.73 Å². The second kappa shape index (κ2) is 5.34. The predicted octanol–water partition coefficient (Wildman–Crippen LogP) is 2.53. The summed E-state index contributed by atoms with van der Waals surface area (Å²) >= 11 is 0. The average Bonchev–Trinajstić information content (AvgIpc) is 2.74. The van der Waals surface area contributed by atoms with Crippen LogP contribution in [0, 0.1) is 0 Å². The van der Waals surface area contributed by atoms with Crippen LogP contribution in [0.1, 0.15) is 18.9 Å². The zero-order chi connectivity index (χ0) is 12.3. The molecule has 0 aliphatic heterocycles. The number of nitrogens with zero attached hydrogens (tertiary/aromatic N) is 1. The Morgan fingerprint density at radius 3 is 2.88 bits per heavy atom. The molecule has 3 nitrogen and oxygen atoms in total. The highest BCUT2D eigenvalue weighted by Crippen LogP contribution is 2.21. The molecule has 2 N–H and O–H groups in total. The van der Waals surface area contributed by atoms with Gasteiger partial charge in [-0.15, -0.1) is 0 Å². The van der Waals surface area contributed by atoms with E-state index in [1.807, 2.05) is 0 Å². The first kappa shape index (κ1) is 12.1. The SMILES string of the molecule is CCC(N)Cc1cccc2c1ccn2COC. The van der Waals surface area contributed by atoms with Gasteiger partial charge in [0.05, 0.1) is 5.52 Å². The van der Waals surface area contributed by atoms with Crippen LogP contribution in [0.5, 0.6) is 0 Å². The normalized spacial score (nSPS) is 13.1. The average molecular weight is 232 g/mol. The third kappa shape index (κ3) is 2.51. The van der Waals surface area contributed by atoms with E-state index in [4.69, 9.17) is 10.5 Å². The van der Waals surface area contributed by atoms with Crippen molar-refractivity contribution in [3.05, 3.63) is 36.0 Å². The van der Waals surface area contributed by atoms with Gasteiger partial charge in [-0.2, -0.15) is 0 Å². The van der Waals surface area contributed by atoms with E-state index in [9.17, 15) is 0 Å². The molecule has 0 saturated heterocycles. The summed E-state index contributed by atoms with van der Waals surface area (Å²) in [5.74, 6) is 0. The van der Waals surface area contributed by atoms with E-state index >= 15 is 0 Å². The molecule has 0 spiro atoms. The Morgan fingerprint density at radius 1 is 1.35 bits per heavy atom. The number of benzene rings is 1. The molecule has 1 aromatic heterocycles. The molecule has 2 aromatic rings. The maximum Gasteiger partial charge on any atom is 0.122 e. The molecule has 0 bridgehead atoms. The van der Waals surface area contributed by atoms with Crippen LogP contribution in [0.4, 0.5) is 0 Å². The van der Waals surface area contributed by atoms with Crippen LogP contribution in [0.25, 0.3) is 10.9 Å². The quantitative estimate of drug-likeness (QED) is 0.860. The molecule has 17 heavy (non-hydrogen) atoms. The van der Waals surface area contributed by atoms with E-state index < -0.39 is 0 Å². The van der Waals surface area contributed by atoms with E-state index in [1.54, 1.807) is 7.11 Å². The van der Waals surface area contributed by atoms with Gasteiger partial charge in [-0.3, -0.25) is 0 Å². The molecular weight excluding hydrogens is 212 g/mol. The lowest BCUT2D eigenvalue weighted by molar-refractivity contribution is 0.135. The van der Waals surface area contributed by atoms with E-state index in [0.717, 1.165) is 12.8 Å². The molecule has 0 radical (unpaired) electrons. The van der Waals surface area contributed by atoms with Crippen molar-refractivity contribution in [1.82, 2.24) is 4.57 Å². The van der Waals surface area contributed by atoms with Crippen molar-refractivity contribution in [2.24, 2.45) is 5.73 Å². The van der Waals surface area contributed by atoms with Gasteiger partial charge in [0.15, 0.2) is 0 Å². The molecular formula is C14H20N2O. The van der Waals surface area contributed by atoms with Gasteiger partial charge in [0, 0.05) is 24.7 Å². The first-order valence-corrected chi connectivity index (χ1v) is 6.07. The largest absolute Gasteiger partial charge is 0.364 e. The lowest BCUT2D eigenvalue weighted by Gasteiger charge is -2.10. The van der Waals surface area contributed by atoms with E-state index in [-0.39, 0.29) is 6.04 Å². The van der Waals surface area contributed by atoms with Crippen LogP contribution in [0.15, 0.2) is 30.5 Å². The van der Waals surface area contributed by atoms with Crippen LogP contribution in [-0.4, -0.2) is 17.7 Å². The minimum absolute atomic E-state index is 0.242. The van der Waals surface area contributed by atoms with Crippen LogP contribution < -0.4 is 5.73 Å². The monoisotopic (exact) mass is 232 g/mol. The first-order valence-electron chi connectivity index (χ1n) is 6.07. The highest BCUT2D eigenvalue weighted by atomic mass is 16.5. The van der Waals surface area contributed by atoms with Crippen molar-refractivity contribution in [1.29, 1.82) is 0 Å². The van der Waals surface area contributed by atoms with Crippen LogP contribution in [-0.2, 0) is 17.9 Å². The highest BCUT2D eigenvalue weighted by molar-refractivity contribution is 5.83. The summed E-state index contributed by atoms with van der Waals surface area (Å²) in [7, 11) is 1.71. The maximum atomic E-state index is 6.03. The van der Waals surface area contributed by atoms with Gasteiger partial charge in [0.25, 0.3) is 0 Å². The number of fused-ring (bicyclic) bond motifs is 1. The number of rotatable bonds is 5. The molecule has 0 saturated carbocycles. The van der Waals surface area contributed by atoms with Crippen molar-refractivity contribution < 1.29 is 4.74 Å². The lowest BCUT2D eigenvalue weighted by Crippen LogP contribution is -2.21. The third-order valence-electron chi connectivity index (χ3n) is 3.18. The lowest BCUT2D eigenvalue weighted by atomic mass is 10.0. The van der Waals surface area contributed by atoms with E-state index in [0.29, 0.717) is 6.73 Å². The predicted molar refractivity (Wildman–Crippen MR) is 70.9 cm³/mol. The minimum atomic E-state index is 0.242. The summed E-state index contributed by atoms with van der Waals surface area (Å²) in [4.78, 5) is 0. The fourth-order valence-corrected chi connectivity index (χ4v) is 2.14. The molecule has 0 aliphatic rings. The van der Waals surface area contributed by atoms with E-state index in [1.165, 1.54) is 16.5 Å². The topological polar surface area (TPSA) is 40.2 Å². The highest BCUT2D eigenvalue weighted by Gasteiger charge is 2.08. The molecule has 3 heteroatoms. The second-order valence-corrected chi connectivity index (χ2v) is 4.43. The van der Waals surface area contributed by atoms with Crippen LogP contribution in [0.3, 0.4) is 0 Å². The Balaban J connectivity index is 2.37. The third-order valence-corrected chi connectivity index (χ3v) is 3.18. The summed E-state index contributed by atoms with van der Waals surface area (Å²) in [6.45, 7) is 2.72. The first-order chi connectivity index (χ1) is 8.26. The van der Waals surface area contributed by atoms with Gasteiger partial charge in [-0.1, -0.05) is 19.1 Å².